The van der Waals surface area contributed by atoms with E-state index in [4.69, 9.17) is 19.4 Å². The lowest BCUT2D eigenvalue weighted by atomic mass is 10.2. The monoisotopic (exact) mass is 221 g/mol. The zero-order chi connectivity index (χ0) is 11.4. The van der Waals surface area contributed by atoms with Crippen molar-refractivity contribution in [2.45, 2.75) is 13.2 Å². The van der Waals surface area contributed by atoms with Crippen molar-refractivity contribution < 1.29 is 19.4 Å². The number of aromatic nitrogens is 1. The Balaban J connectivity index is 2.08. The fraction of sp³-hybridized carbons (Fsp3) is 0.182. The van der Waals surface area contributed by atoms with Gasteiger partial charge in [0.2, 0.25) is 0 Å². The molecule has 5 heteroatoms. The third-order valence-electron chi connectivity index (χ3n) is 2.00. The number of hydrogen-bond acceptors (Lipinski definition) is 5. The molecule has 0 bridgehead atoms. The number of aliphatic hydroxyl groups excluding tert-OH is 2. The number of oxazole rings is 1. The molecule has 0 radical (unpaired) electrons. The lowest BCUT2D eigenvalue weighted by molar-refractivity contribution is 0.276. The smallest absolute Gasteiger partial charge is 0.399 e. The van der Waals surface area contributed by atoms with Crippen LogP contribution in [0.15, 0.2) is 34.9 Å². The van der Waals surface area contributed by atoms with Gasteiger partial charge in [0.25, 0.3) is 0 Å². The van der Waals surface area contributed by atoms with Gasteiger partial charge in [-0.2, -0.15) is 4.98 Å². The summed E-state index contributed by atoms with van der Waals surface area (Å²) in [5.41, 5.74) is 1.22. The maximum Gasteiger partial charge on any atom is 0.399 e. The molecule has 16 heavy (non-hydrogen) atoms. The molecular formula is C11H11NO4. The number of nitrogens with zero attached hydrogens (tertiary/aromatic N) is 1. The first-order valence-corrected chi connectivity index (χ1v) is 4.74. The zero-order valence-electron chi connectivity index (χ0n) is 8.46. The molecule has 1 heterocycles. The molecule has 0 saturated carbocycles. The maximum atomic E-state index is 8.85. The van der Waals surface area contributed by atoms with E-state index in [0.717, 1.165) is 5.56 Å². The molecule has 0 unspecified atom stereocenters. The van der Waals surface area contributed by atoms with Gasteiger partial charge >= 0.3 is 6.08 Å². The van der Waals surface area contributed by atoms with E-state index in [1.807, 2.05) is 0 Å². The van der Waals surface area contributed by atoms with Gasteiger partial charge in [0, 0.05) is 0 Å². The van der Waals surface area contributed by atoms with E-state index in [1.54, 1.807) is 24.3 Å². The topological polar surface area (TPSA) is 75.7 Å². The molecule has 0 spiro atoms. The van der Waals surface area contributed by atoms with Gasteiger partial charge < -0.3 is 19.4 Å². The summed E-state index contributed by atoms with van der Waals surface area (Å²) in [5.74, 6) is 0.559. The number of rotatable bonds is 4. The summed E-state index contributed by atoms with van der Waals surface area (Å²) in [6.45, 7) is -0.190. The van der Waals surface area contributed by atoms with Crippen molar-refractivity contribution in [3.05, 3.63) is 41.8 Å². The van der Waals surface area contributed by atoms with Gasteiger partial charge in [0.1, 0.15) is 17.7 Å². The van der Waals surface area contributed by atoms with Gasteiger partial charge in [0.05, 0.1) is 13.2 Å². The zero-order valence-corrected chi connectivity index (χ0v) is 8.46. The Labute approximate surface area is 91.9 Å². The molecule has 0 fully saturated rings. The number of hydrogen-bond donors (Lipinski definition) is 2. The van der Waals surface area contributed by atoms with Gasteiger partial charge in [-0.25, -0.2) is 0 Å². The molecule has 2 aromatic rings. The van der Waals surface area contributed by atoms with Gasteiger partial charge in [-0.15, -0.1) is 0 Å². The minimum atomic E-state index is -0.184. The van der Waals surface area contributed by atoms with E-state index in [-0.39, 0.29) is 19.3 Å². The minimum Gasteiger partial charge on any atom is -0.417 e. The molecule has 0 aliphatic carbocycles. The minimum absolute atomic E-state index is 0.00601. The Bertz CT molecular complexity index is 449. The van der Waals surface area contributed by atoms with Crippen LogP contribution >= 0.6 is 0 Å². The van der Waals surface area contributed by atoms with Crippen LogP contribution in [0.2, 0.25) is 0 Å². The van der Waals surface area contributed by atoms with Gasteiger partial charge in [-0.3, -0.25) is 0 Å². The van der Waals surface area contributed by atoms with Crippen molar-refractivity contribution in [2.75, 3.05) is 0 Å². The molecule has 0 amide bonds. The predicted molar refractivity (Wildman–Crippen MR) is 54.9 cm³/mol. The average Bonchev–Trinajstić information content (AvgIpc) is 2.78. The van der Waals surface area contributed by atoms with E-state index >= 15 is 0 Å². The maximum absolute atomic E-state index is 8.85. The third kappa shape index (κ3) is 2.39. The normalized spacial score (nSPS) is 10.4. The first-order valence-electron chi connectivity index (χ1n) is 4.74. The van der Waals surface area contributed by atoms with E-state index in [9.17, 15) is 0 Å². The van der Waals surface area contributed by atoms with Crippen LogP contribution in [0, 0.1) is 0 Å². The second-order valence-corrected chi connectivity index (χ2v) is 3.17. The van der Waals surface area contributed by atoms with Crippen molar-refractivity contribution in [3.8, 4) is 11.8 Å². The van der Waals surface area contributed by atoms with E-state index in [2.05, 4.69) is 4.98 Å². The van der Waals surface area contributed by atoms with Crippen LogP contribution in [0.4, 0.5) is 0 Å². The summed E-state index contributed by atoms with van der Waals surface area (Å²) < 4.78 is 10.3. The van der Waals surface area contributed by atoms with Crippen LogP contribution in [-0.4, -0.2) is 15.2 Å². The number of benzene rings is 1. The lowest BCUT2D eigenvalue weighted by Crippen LogP contribution is -1.87. The molecule has 2 rings (SSSR count). The van der Waals surface area contributed by atoms with Crippen LogP contribution < -0.4 is 4.74 Å². The van der Waals surface area contributed by atoms with Crippen LogP contribution in [-0.2, 0) is 13.2 Å². The lowest BCUT2D eigenvalue weighted by Gasteiger charge is -2.01. The molecule has 5 nitrogen and oxygen atoms in total. The number of aliphatic hydroxyl groups is 2. The van der Waals surface area contributed by atoms with Crippen molar-refractivity contribution in [2.24, 2.45) is 0 Å². The molecule has 1 aromatic heterocycles. The fourth-order valence-electron chi connectivity index (χ4n) is 1.17. The molecular weight excluding hydrogens is 210 g/mol. The van der Waals surface area contributed by atoms with Gasteiger partial charge in [-0.05, 0) is 17.7 Å². The fourth-order valence-corrected chi connectivity index (χ4v) is 1.17. The first-order chi connectivity index (χ1) is 7.81. The van der Waals surface area contributed by atoms with Gasteiger partial charge in [-0.1, -0.05) is 12.1 Å². The highest BCUT2D eigenvalue weighted by molar-refractivity contribution is 5.28. The standard InChI is InChI=1S/C11H11NO4/c13-5-8-1-3-10(4-2-8)16-11-12-9(6-14)7-15-11/h1-4,7,13-14H,5-6H2. The van der Waals surface area contributed by atoms with Gasteiger partial charge in [0.15, 0.2) is 0 Å². The van der Waals surface area contributed by atoms with E-state index in [0.29, 0.717) is 11.4 Å². The van der Waals surface area contributed by atoms with Crippen LogP contribution in [0.25, 0.3) is 0 Å². The number of ether oxygens (including phenoxy) is 1. The molecule has 0 aliphatic rings. The molecule has 84 valence electrons. The van der Waals surface area contributed by atoms with Crippen molar-refractivity contribution in [1.82, 2.24) is 4.98 Å². The first kappa shape index (κ1) is 10.7. The Morgan fingerprint density at radius 1 is 1.12 bits per heavy atom. The molecule has 2 N–H and O–H groups in total. The van der Waals surface area contributed by atoms with Crippen molar-refractivity contribution >= 4 is 0 Å². The van der Waals surface area contributed by atoms with E-state index in [1.165, 1.54) is 6.26 Å². The highest BCUT2D eigenvalue weighted by atomic mass is 16.6. The average molecular weight is 221 g/mol. The molecule has 0 saturated heterocycles. The van der Waals surface area contributed by atoms with Crippen LogP contribution in [0.3, 0.4) is 0 Å². The second kappa shape index (κ2) is 4.78. The van der Waals surface area contributed by atoms with Crippen molar-refractivity contribution in [3.63, 3.8) is 0 Å². The summed E-state index contributed by atoms with van der Waals surface area (Å²) in [6, 6.07) is 6.89. The predicted octanol–water partition coefficient (Wildman–Crippen LogP) is 1.45. The Kier molecular flexibility index (Phi) is 3.19. The molecule has 0 atom stereocenters. The summed E-state index contributed by atoms with van der Waals surface area (Å²) in [4.78, 5) is 3.88. The summed E-state index contributed by atoms with van der Waals surface area (Å²) >= 11 is 0. The summed E-state index contributed by atoms with van der Waals surface area (Å²) in [5, 5.41) is 17.6. The highest BCUT2D eigenvalue weighted by Gasteiger charge is 2.05. The summed E-state index contributed by atoms with van der Waals surface area (Å²) in [7, 11) is 0. The van der Waals surface area contributed by atoms with Crippen LogP contribution in [0.1, 0.15) is 11.3 Å². The molecule has 0 aliphatic heterocycles. The highest BCUT2D eigenvalue weighted by Crippen LogP contribution is 2.20. The van der Waals surface area contributed by atoms with Crippen molar-refractivity contribution in [1.29, 1.82) is 0 Å². The SMILES string of the molecule is OCc1ccc(Oc2nc(CO)co2)cc1. The molecule has 1 aromatic carbocycles. The Hall–Kier alpha value is -1.85. The second-order valence-electron chi connectivity index (χ2n) is 3.17. The Morgan fingerprint density at radius 3 is 2.44 bits per heavy atom. The third-order valence-corrected chi connectivity index (χ3v) is 2.00. The van der Waals surface area contributed by atoms with Crippen LogP contribution in [0.5, 0.6) is 11.8 Å². The van der Waals surface area contributed by atoms with E-state index < -0.39 is 0 Å². The Morgan fingerprint density at radius 2 is 1.88 bits per heavy atom. The summed E-state index contributed by atoms with van der Waals surface area (Å²) in [6.07, 6.45) is 1.41. The largest absolute Gasteiger partial charge is 0.417 e. The quantitative estimate of drug-likeness (QED) is 0.817.